The zero-order chi connectivity index (χ0) is 18.4. The highest BCUT2D eigenvalue weighted by Crippen LogP contribution is 2.37. The van der Waals surface area contributed by atoms with Gasteiger partial charge in [0.05, 0.1) is 11.1 Å². The molecule has 2 aromatic rings. The smallest absolute Gasteiger partial charge is 0.257 e. The number of amides is 1. The van der Waals surface area contributed by atoms with E-state index in [0.29, 0.717) is 28.1 Å². The summed E-state index contributed by atoms with van der Waals surface area (Å²) in [7, 11) is 0. The van der Waals surface area contributed by atoms with Crippen LogP contribution in [-0.2, 0) is 6.61 Å². The predicted octanol–water partition coefficient (Wildman–Crippen LogP) is 3.54. The lowest BCUT2D eigenvalue weighted by Gasteiger charge is -2.15. The van der Waals surface area contributed by atoms with Crippen molar-refractivity contribution in [2.75, 3.05) is 6.61 Å². The summed E-state index contributed by atoms with van der Waals surface area (Å²) >= 11 is 8.05. The molecular weight excluding hydrogens is 411 g/mol. The normalized spacial score (nSPS) is 10.2. The summed E-state index contributed by atoms with van der Waals surface area (Å²) in [5.41, 5.74) is 6.44. The predicted molar refractivity (Wildman–Crippen MR) is 100 cm³/mol. The van der Waals surface area contributed by atoms with Gasteiger partial charge in [-0.2, -0.15) is 0 Å². The molecule has 0 aliphatic heterocycles. The van der Waals surface area contributed by atoms with E-state index in [1.165, 1.54) is 12.1 Å². The third-order valence-electron chi connectivity index (χ3n) is 3.10. The summed E-state index contributed by atoms with van der Waals surface area (Å²) in [6.07, 6.45) is 0. The Morgan fingerprint density at radius 3 is 2.56 bits per heavy atom. The fraction of sp³-hybridized carbons (Fsp3) is 0.176. The topological polar surface area (TPSA) is 73.6 Å². The molecule has 0 saturated heterocycles. The molecule has 0 bridgehead atoms. The van der Waals surface area contributed by atoms with Crippen molar-refractivity contribution in [1.82, 2.24) is 5.32 Å². The zero-order valence-electron chi connectivity index (χ0n) is 13.3. The quantitative estimate of drug-likeness (QED) is 0.690. The van der Waals surface area contributed by atoms with Crippen LogP contribution in [0.4, 0.5) is 4.39 Å². The number of rotatable bonds is 6. The van der Waals surface area contributed by atoms with Crippen molar-refractivity contribution in [2.45, 2.75) is 13.5 Å². The Balaban J connectivity index is 2.25. The van der Waals surface area contributed by atoms with Gasteiger partial charge in [0, 0.05) is 5.56 Å². The van der Waals surface area contributed by atoms with Crippen LogP contribution in [0.1, 0.15) is 22.8 Å². The van der Waals surface area contributed by atoms with Crippen LogP contribution in [0.3, 0.4) is 0 Å². The molecule has 0 radical (unpaired) electrons. The molecule has 0 unspecified atom stereocenters. The molecule has 1 amide bonds. The van der Waals surface area contributed by atoms with E-state index in [-0.39, 0.29) is 17.5 Å². The summed E-state index contributed by atoms with van der Waals surface area (Å²) in [4.78, 5) is 12.1. The lowest BCUT2D eigenvalue weighted by atomic mass is 10.2. The molecule has 0 aromatic heterocycles. The number of nitrogens with one attached hydrogen (secondary N) is 1. The minimum atomic E-state index is -0.445. The summed E-state index contributed by atoms with van der Waals surface area (Å²) in [5.74, 6) is 0.0810. The molecular formula is C17H16BrFN2O3S. The molecule has 3 N–H and O–H groups in total. The largest absolute Gasteiger partial charge is 0.490 e. The van der Waals surface area contributed by atoms with Crippen LogP contribution in [0.5, 0.6) is 11.5 Å². The number of hydrogen-bond acceptors (Lipinski definition) is 4. The first-order valence-corrected chi connectivity index (χ1v) is 8.55. The van der Waals surface area contributed by atoms with E-state index >= 15 is 0 Å². The molecule has 0 aliphatic carbocycles. The highest BCUT2D eigenvalue weighted by atomic mass is 79.9. The SMILES string of the molecule is CCOc1cc(C(=O)NC(N)=S)cc(Br)c1OCc1ccc(F)cc1. The Bertz CT molecular complexity index is 784. The van der Waals surface area contributed by atoms with Crippen LogP contribution < -0.4 is 20.5 Å². The number of halogens is 2. The summed E-state index contributed by atoms with van der Waals surface area (Å²) in [6, 6.07) is 9.11. The molecule has 2 aromatic carbocycles. The second-order valence-corrected chi connectivity index (χ2v) is 6.25. The fourth-order valence-corrected chi connectivity index (χ4v) is 2.67. The Morgan fingerprint density at radius 2 is 1.96 bits per heavy atom. The number of hydrogen-bond donors (Lipinski definition) is 2. The van der Waals surface area contributed by atoms with Crippen LogP contribution in [0.15, 0.2) is 40.9 Å². The van der Waals surface area contributed by atoms with Gasteiger partial charge in [-0.15, -0.1) is 0 Å². The van der Waals surface area contributed by atoms with Gasteiger partial charge in [-0.25, -0.2) is 4.39 Å². The Kier molecular flexibility index (Phi) is 6.72. The fourth-order valence-electron chi connectivity index (χ4n) is 2.02. The zero-order valence-corrected chi connectivity index (χ0v) is 15.7. The molecule has 8 heteroatoms. The van der Waals surface area contributed by atoms with E-state index in [2.05, 4.69) is 33.5 Å². The minimum Gasteiger partial charge on any atom is -0.490 e. The molecule has 2 rings (SSSR count). The molecule has 132 valence electrons. The summed E-state index contributed by atoms with van der Waals surface area (Å²) in [6.45, 7) is 2.43. The maximum Gasteiger partial charge on any atom is 0.257 e. The first-order chi connectivity index (χ1) is 11.9. The average Bonchev–Trinajstić information content (AvgIpc) is 2.55. The van der Waals surface area contributed by atoms with Crippen molar-refractivity contribution in [3.05, 3.63) is 57.8 Å². The van der Waals surface area contributed by atoms with Crippen LogP contribution >= 0.6 is 28.1 Å². The average molecular weight is 427 g/mol. The molecule has 0 aliphatic rings. The number of benzene rings is 2. The number of ether oxygens (including phenoxy) is 2. The van der Waals surface area contributed by atoms with Crippen molar-refractivity contribution in [3.8, 4) is 11.5 Å². The van der Waals surface area contributed by atoms with Crippen LogP contribution in [-0.4, -0.2) is 17.6 Å². The standard InChI is InChI=1S/C17H16BrFN2O3S/c1-2-23-14-8-11(16(22)21-17(20)25)7-13(18)15(14)24-9-10-3-5-12(19)6-4-10/h3-8H,2,9H2,1H3,(H3,20,21,22,25). The van der Waals surface area contributed by atoms with Crippen LogP contribution in [0.25, 0.3) is 0 Å². The molecule has 0 spiro atoms. The molecule has 0 fully saturated rings. The van der Waals surface area contributed by atoms with E-state index < -0.39 is 5.91 Å². The van der Waals surface area contributed by atoms with Gasteiger partial charge in [-0.05, 0) is 64.9 Å². The molecule has 0 atom stereocenters. The van der Waals surface area contributed by atoms with Crippen molar-refractivity contribution in [1.29, 1.82) is 0 Å². The van der Waals surface area contributed by atoms with Gasteiger partial charge in [0.1, 0.15) is 12.4 Å². The Labute approximate surface area is 158 Å². The van der Waals surface area contributed by atoms with Crippen molar-refractivity contribution >= 4 is 39.2 Å². The van der Waals surface area contributed by atoms with Crippen LogP contribution in [0.2, 0.25) is 0 Å². The van der Waals surface area contributed by atoms with Gasteiger partial charge in [-0.3, -0.25) is 10.1 Å². The molecule has 0 saturated carbocycles. The number of carbonyl (C=O) groups excluding carboxylic acids is 1. The van der Waals surface area contributed by atoms with Gasteiger partial charge in [0.15, 0.2) is 16.6 Å². The lowest BCUT2D eigenvalue weighted by molar-refractivity contribution is 0.0977. The first kappa shape index (κ1) is 19.1. The lowest BCUT2D eigenvalue weighted by Crippen LogP contribution is -2.34. The van der Waals surface area contributed by atoms with Gasteiger partial charge in [0.2, 0.25) is 0 Å². The molecule has 5 nitrogen and oxygen atoms in total. The Morgan fingerprint density at radius 1 is 1.28 bits per heavy atom. The maximum atomic E-state index is 13.0. The van der Waals surface area contributed by atoms with Crippen molar-refractivity contribution in [3.63, 3.8) is 0 Å². The van der Waals surface area contributed by atoms with Gasteiger partial charge < -0.3 is 15.2 Å². The third kappa shape index (κ3) is 5.40. The number of thiocarbonyl (C=S) groups is 1. The van der Waals surface area contributed by atoms with E-state index in [9.17, 15) is 9.18 Å². The summed E-state index contributed by atoms with van der Waals surface area (Å²) < 4.78 is 24.8. The van der Waals surface area contributed by atoms with E-state index in [4.69, 9.17) is 15.2 Å². The maximum absolute atomic E-state index is 13.0. The second-order valence-electron chi connectivity index (χ2n) is 4.95. The number of nitrogens with two attached hydrogens (primary N) is 1. The van der Waals surface area contributed by atoms with E-state index in [1.54, 1.807) is 24.3 Å². The summed E-state index contributed by atoms with van der Waals surface area (Å²) in [5, 5.41) is 2.24. The van der Waals surface area contributed by atoms with E-state index in [0.717, 1.165) is 5.56 Å². The third-order valence-corrected chi connectivity index (χ3v) is 3.80. The Hall–Kier alpha value is -2.19. The van der Waals surface area contributed by atoms with Crippen molar-refractivity contribution < 1.29 is 18.7 Å². The molecule has 0 heterocycles. The van der Waals surface area contributed by atoms with Gasteiger partial charge in [0.25, 0.3) is 5.91 Å². The minimum absolute atomic E-state index is 0.115. The monoisotopic (exact) mass is 426 g/mol. The van der Waals surface area contributed by atoms with Crippen LogP contribution in [0, 0.1) is 5.82 Å². The second kappa shape index (κ2) is 8.77. The highest BCUT2D eigenvalue weighted by molar-refractivity contribution is 9.10. The van der Waals surface area contributed by atoms with E-state index in [1.807, 2.05) is 6.92 Å². The highest BCUT2D eigenvalue weighted by Gasteiger charge is 2.16. The van der Waals surface area contributed by atoms with Gasteiger partial charge in [-0.1, -0.05) is 12.1 Å². The van der Waals surface area contributed by atoms with Gasteiger partial charge >= 0.3 is 0 Å². The number of carbonyl (C=O) groups is 1. The van der Waals surface area contributed by atoms with Crippen molar-refractivity contribution in [2.24, 2.45) is 5.73 Å². The molecule has 25 heavy (non-hydrogen) atoms. The first-order valence-electron chi connectivity index (χ1n) is 7.35.